The number of benzene rings is 2. The molecule has 0 bridgehead atoms. The molecule has 1 aliphatic rings. The smallest absolute Gasteiger partial charge is 0.343 e. The zero-order valence-electron chi connectivity index (χ0n) is 15.5. The first-order chi connectivity index (χ1) is 12.7. The van der Waals surface area contributed by atoms with Crippen LogP contribution in [-0.2, 0) is 0 Å². The number of esters is 1. The third kappa shape index (κ3) is 5.14. The van der Waals surface area contributed by atoms with Crippen molar-refractivity contribution >= 4 is 18.6 Å². The van der Waals surface area contributed by atoms with Crippen LogP contribution in [0.25, 0.3) is 0 Å². The molecule has 138 valence electrons. The molecule has 1 saturated carbocycles. The first-order valence-corrected chi connectivity index (χ1v) is 10.2. The highest BCUT2D eigenvalue weighted by atomic mass is 32.1. The van der Waals surface area contributed by atoms with Gasteiger partial charge in [-0.25, -0.2) is 4.79 Å². The summed E-state index contributed by atoms with van der Waals surface area (Å²) in [5.74, 6) is 1.79. The van der Waals surface area contributed by atoms with Crippen molar-refractivity contribution in [3.63, 3.8) is 0 Å². The summed E-state index contributed by atoms with van der Waals surface area (Å²) >= 11 is 4.24. The Bertz CT molecular complexity index is 698. The molecule has 0 aliphatic heterocycles. The van der Waals surface area contributed by atoms with Crippen LogP contribution in [0.3, 0.4) is 0 Å². The van der Waals surface area contributed by atoms with E-state index in [4.69, 9.17) is 4.74 Å². The van der Waals surface area contributed by atoms with Crippen molar-refractivity contribution in [3.05, 3.63) is 59.7 Å². The summed E-state index contributed by atoms with van der Waals surface area (Å²) in [7, 11) is 0. The molecule has 26 heavy (non-hydrogen) atoms. The molecule has 2 aromatic carbocycles. The predicted molar refractivity (Wildman–Crippen MR) is 109 cm³/mol. The first-order valence-electron chi connectivity index (χ1n) is 9.77. The minimum Gasteiger partial charge on any atom is -0.423 e. The van der Waals surface area contributed by atoms with Gasteiger partial charge in [0.2, 0.25) is 0 Å². The largest absolute Gasteiger partial charge is 0.423 e. The molecule has 1 aliphatic carbocycles. The summed E-state index contributed by atoms with van der Waals surface area (Å²) in [6.45, 7) is 2.27. The van der Waals surface area contributed by atoms with E-state index in [0.29, 0.717) is 17.2 Å². The zero-order valence-corrected chi connectivity index (χ0v) is 16.4. The molecule has 1 fully saturated rings. The number of hydrogen-bond acceptors (Lipinski definition) is 3. The third-order valence-electron chi connectivity index (χ3n) is 5.48. The van der Waals surface area contributed by atoms with Crippen molar-refractivity contribution in [1.29, 1.82) is 0 Å². The summed E-state index contributed by atoms with van der Waals surface area (Å²) in [6.07, 6.45) is 9.29. The van der Waals surface area contributed by atoms with Crippen LogP contribution in [0, 0.1) is 5.92 Å². The van der Waals surface area contributed by atoms with E-state index >= 15 is 0 Å². The van der Waals surface area contributed by atoms with E-state index in [1.54, 1.807) is 12.1 Å². The molecule has 0 N–H and O–H groups in total. The predicted octanol–water partition coefficient (Wildman–Crippen LogP) is 6.66. The molecule has 0 aromatic heterocycles. The summed E-state index contributed by atoms with van der Waals surface area (Å²) in [4.78, 5) is 13.1. The van der Waals surface area contributed by atoms with Crippen molar-refractivity contribution in [3.8, 4) is 5.75 Å². The van der Waals surface area contributed by atoms with Gasteiger partial charge in [0.15, 0.2) is 0 Å². The van der Waals surface area contributed by atoms with Gasteiger partial charge in [-0.3, -0.25) is 0 Å². The Hall–Kier alpha value is -1.74. The number of hydrogen-bond donors (Lipinski definition) is 1. The quantitative estimate of drug-likeness (QED) is 0.350. The highest BCUT2D eigenvalue weighted by Gasteiger charge is 2.22. The Kier molecular flexibility index (Phi) is 6.79. The molecule has 0 amide bonds. The van der Waals surface area contributed by atoms with Gasteiger partial charge in [0, 0.05) is 4.90 Å². The van der Waals surface area contributed by atoms with Crippen LogP contribution in [0.5, 0.6) is 5.75 Å². The second-order valence-corrected chi connectivity index (χ2v) is 7.88. The molecule has 0 unspecified atom stereocenters. The lowest BCUT2D eigenvalue weighted by Gasteiger charge is -2.28. The van der Waals surface area contributed by atoms with Crippen LogP contribution in [0.2, 0.25) is 0 Å². The fourth-order valence-corrected chi connectivity index (χ4v) is 4.00. The number of unbranched alkanes of at least 4 members (excludes halogenated alkanes) is 1. The normalized spacial score (nSPS) is 19.9. The van der Waals surface area contributed by atoms with E-state index in [0.717, 1.165) is 10.8 Å². The summed E-state index contributed by atoms with van der Waals surface area (Å²) in [5, 5.41) is 0. The fraction of sp³-hybridized carbons (Fsp3) is 0.435. The summed E-state index contributed by atoms with van der Waals surface area (Å²) < 4.78 is 5.42. The van der Waals surface area contributed by atoms with Gasteiger partial charge in [-0.05, 0) is 79.5 Å². The van der Waals surface area contributed by atoms with E-state index < -0.39 is 0 Å². The number of carbonyl (C=O) groups is 1. The molecule has 2 nitrogen and oxygen atoms in total. The molecule has 0 heterocycles. The average Bonchev–Trinajstić information content (AvgIpc) is 2.68. The van der Waals surface area contributed by atoms with Gasteiger partial charge >= 0.3 is 5.97 Å². The first kappa shape index (κ1) is 19.0. The van der Waals surface area contributed by atoms with Gasteiger partial charge in [-0.15, -0.1) is 12.6 Å². The maximum atomic E-state index is 12.3. The van der Waals surface area contributed by atoms with E-state index in [-0.39, 0.29) is 5.97 Å². The molecule has 3 heteroatoms. The summed E-state index contributed by atoms with van der Waals surface area (Å²) in [6, 6.07) is 15.1. The Labute approximate surface area is 162 Å². The lowest BCUT2D eigenvalue weighted by atomic mass is 9.77. The SMILES string of the molecule is CCCCC1CCC(c2ccc(C(=O)Oc3ccc(S)cc3)cc2)CC1. The molecular weight excluding hydrogens is 340 g/mol. The Balaban J connectivity index is 1.55. The Morgan fingerprint density at radius 3 is 2.27 bits per heavy atom. The summed E-state index contributed by atoms with van der Waals surface area (Å²) in [5.41, 5.74) is 1.95. The zero-order chi connectivity index (χ0) is 18.4. The molecule has 3 rings (SSSR count). The number of ether oxygens (including phenoxy) is 1. The minimum atomic E-state index is -0.313. The van der Waals surface area contributed by atoms with Crippen LogP contribution in [-0.4, -0.2) is 5.97 Å². The Morgan fingerprint density at radius 1 is 1.00 bits per heavy atom. The monoisotopic (exact) mass is 368 g/mol. The van der Waals surface area contributed by atoms with Crippen molar-refractivity contribution in [2.75, 3.05) is 0 Å². The maximum Gasteiger partial charge on any atom is 0.343 e. The standard InChI is InChI=1S/C23H28O2S/c1-2-3-4-17-5-7-18(8-6-17)19-9-11-20(12-10-19)23(24)25-21-13-15-22(26)16-14-21/h9-18,26H,2-8H2,1H3. The number of thiol groups is 1. The fourth-order valence-electron chi connectivity index (χ4n) is 3.85. The van der Waals surface area contributed by atoms with Gasteiger partial charge in [0.05, 0.1) is 5.56 Å². The van der Waals surface area contributed by atoms with Crippen molar-refractivity contribution in [2.24, 2.45) is 5.92 Å². The van der Waals surface area contributed by atoms with Crippen molar-refractivity contribution in [2.45, 2.75) is 62.7 Å². The van der Waals surface area contributed by atoms with Gasteiger partial charge < -0.3 is 4.74 Å². The van der Waals surface area contributed by atoms with Crippen molar-refractivity contribution < 1.29 is 9.53 Å². The van der Waals surface area contributed by atoms with E-state index in [2.05, 4.69) is 31.7 Å². The number of carbonyl (C=O) groups excluding carboxylic acids is 1. The van der Waals surface area contributed by atoms with Crippen LogP contribution in [0.1, 0.15) is 73.7 Å². The van der Waals surface area contributed by atoms with Gasteiger partial charge in [0.25, 0.3) is 0 Å². The molecule has 2 aromatic rings. The number of rotatable bonds is 6. The van der Waals surface area contributed by atoms with Crippen LogP contribution >= 0.6 is 12.6 Å². The topological polar surface area (TPSA) is 26.3 Å². The molecule has 0 atom stereocenters. The Morgan fingerprint density at radius 2 is 1.65 bits per heavy atom. The van der Waals surface area contributed by atoms with Gasteiger partial charge in [-0.2, -0.15) is 0 Å². The lowest BCUT2D eigenvalue weighted by molar-refractivity contribution is 0.0734. The third-order valence-corrected chi connectivity index (χ3v) is 5.78. The lowest BCUT2D eigenvalue weighted by Crippen LogP contribution is -2.14. The van der Waals surface area contributed by atoms with Gasteiger partial charge in [-0.1, -0.05) is 38.3 Å². The molecule has 0 saturated heterocycles. The molecule has 0 radical (unpaired) electrons. The molecular formula is C23H28O2S. The van der Waals surface area contributed by atoms with Crippen LogP contribution in [0.15, 0.2) is 53.4 Å². The van der Waals surface area contributed by atoms with Crippen LogP contribution < -0.4 is 4.74 Å². The van der Waals surface area contributed by atoms with Gasteiger partial charge in [0.1, 0.15) is 5.75 Å². The highest BCUT2D eigenvalue weighted by molar-refractivity contribution is 7.80. The second-order valence-electron chi connectivity index (χ2n) is 7.37. The minimum absolute atomic E-state index is 0.313. The second kappa shape index (κ2) is 9.27. The van der Waals surface area contributed by atoms with Crippen LogP contribution in [0.4, 0.5) is 0 Å². The average molecular weight is 369 g/mol. The highest BCUT2D eigenvalue weighted by Crippen LogP contribution is 2.37. The maximum absolute atomic E-state index is 12.3. The van der Waals surface area contributed by atoms with E-state index in [1.165, 1.54) is 50.5 Å². The van der Waals surface area contributed by atoms with E-state index in [9.17, 15) is 4.79 Å². The van der Waals surface area contributed by atoms with Crippen molar-refractivity contribution in [1.82, 2.24) is 0 Å². The molecule has 0 spiro atoms. The van der Waals surface area contributed by atoms with E-state index in [1.807, 2.05) is 24.3 Å².